The van der Waals surface area contributed by atoms with E-state index in [0.717, 1.165) is 19.0 Å². The number of hydrogen-bond acceptors (Lipinski definition) is 3. The summed E-state index contributed by atoms with van der Waals surface area (Å²) in [6.07, 6.45) is 2.52. The van der Waals surface area contributed by atoms with Crippen LogP contribution >= 0.6 is 11.3 Å². The van der Waals surface area contributed by atoms with Crippen LogP contribution in [0.5, 0.6) is 0 Å². The molecule has 1 aromatic heterocycles. The molecule has 0 saturated heterocycles. The molecule has 0 amide bonds. The Labute approximate surface area is 115 Å². The Kier molecular flexibility index (Phi) is 5.22. The van der Waals surface area contributed by atoms with Crippen molar-refractivity contribution in [1.82, 2.24) is 10.2 Å². The van der Waals surface area contributed by atoms with Gasteiger partial charge in [0.25, 0.3) is 0 Å². The van der Waals surface area contributed by atoms with E-state index < -0.39 is 0 Å². The summed E-state index contributed by atoms with van der Waals surface area (Å²) in [5.74, 6) is 0.805. The van der Waals surface area contributed by atoms with E-state index >= 15 is 0 Å². The number of rotatable bonds is 6. The first-order chi connectivity index (χ1) is 8.68. The lowest BCUT2D eigenvalue weighted by Crippen LogP contribution is -2.38. The van der Waals surface area contributed by atoms with Crippen LogP contribution in [0, 0.1) is 5.92 Å². The fourth-order valence-electron chi connectivity index (χ4n) is 2.61. The summed E-state index contributed by atoms with van der Waals surface area (Å²) in [6, 6.07) is 2.91. The Morgan fingerprint density at radius 3 is 3.06 bits per heavy atom. The van der Waals surface area contributed by atoms with E-state index in [-0.39, 0.29) is 0 Å². The van der Waals surface area contributed by atoms with Gasteiger partial charge in [-0.3, -0.25) is 4.90 Å². The third-order valence-electron chi connectivity index (χ3n) is 3.88. The summed E-state index contributed by atoms with van der Waals surface area (Å²) < 4.78 is 0. The SMILES string of the molecule is CC(C)CCNCCN1CCc2sccc2C1C. The standard InChI is InChI=1S/C15H26N2S/c1-12(2)4-7-16-8-10-17-9-5-15-14(13(17)3)6-11-18-15/h6,11-13,16H,4-5,7-10H2,1-3H3. The highest BCUT2D eigenvalue weighted by Crippen LogP contribution is 2.32. The smallest absolute Gasteiger partial charge is 0.0331 e. The van der Waals surface area contributed by atoms with Gasteiger partial charge in [-0.05, 0) is 49.2 Å². The van der Waals surface area contributed by atoms with Gasteiger partial charge in [-0.15, -0.1) is 11.3 Å². The van der Waals surface area contributed by atoms with Gasteiger partial charge in [0, 0.05) is 30.6 Å². The number of fused-ring (bicyclic) bond motifs is 1. The van der Waals surface area contributed by atoms with Gasteiger partial charge in [-0.1, -0.05) is 13.8 Å². The largest absolute Gasteiger partial charge is 0.315 e. The van der Waals surface area contributed by atoms with Crippen molar-refractivity contribution < 1.29 is 0 Å². The lowest BCUT2D eigenvalue weighted by molar-refractivity contribution is 0.200. The van der Waals surface area contributed by atoms with E-state index in [9.17, 15) is 0 Å². The van der Waals surface area contributed by atoms with E-state index in [4.69, 9.17) is 0 Å². The molecule has 18 heavy (non-hydrogen) atoms. The monoisotopic (exact) mass is 266 g/mol. The van der Waals surface area contributed by atoms with Crippen LogP contribution in [0.15, 0.2) is 11.4 Å². The Balaban J connectivity index is 1.72. The van der Waals surface area contributed by atoms with Crippen molar-refractivity contribution in [3.05, 3.63) is 21.9 Å². The minimum atomic E-state index is 0.604. The van der Waals surface area contributed by atoms with Crippen LogP contribution in [0.4, 0.5) is 0 Å². The second-order valence-electron chi connectivity index (χ2n) is 5.69. The van der Waals surface area contributed by atoms with Crippen LogP contribution in [0.25, 0.3) is 0 Å². The van der Waals surface area contributed by atoms with E-state index in [1.165, 1.54) is 25.9 Å². The van der Waals surface area contributed by atoms with E-state index in [1.807, 2.05) is 11.3 Å². The molecular weight excluding hydrogens is 240 g/mol. The maximum Gasteiger partial charge on any atom is 0.0331 e. The summed E-state index contributed by atoms with van der Waals surface area (Å²) in [5, 5.41) is 5.80. The summed E-state index contributed by atoms with van der Waals surface area (Å²) in [7, 11) is 0. The second-order valence-corrected chi connectivity index (χ2v) is 6.69. The number of nitrogens with zero attached hydrogens (tertiary/aromatic N) is 1. The minimum absolute atomic E-state index is 0.604. The predicted molar refractivity (Wildman–Crippen MR) is 80.3 cm³/mol. The predicted octanol–water partition coefficient (Wildman–Crippen LogP) is 3.30. The van der Waals surface area contributed by atoms with Gasteiger partial charge < -0.3 is 5.32 Å². The molecule has 0 aromatic carbocycles. The average Bonchev–Trinajstić information content (AvgIpc) is 2.80. The van der Waals surface area contributed by atoms with Crippen molar-refractivity contribution >= 4 is 11.3 Å². The first kappa shape index (κ1) is 14.0. The van der Waals surface area contributed by atoms with Gasteiger partial charge in [0.1, 0.15) is 0 Å². The van der Waals surface area contributed by atoms with E-state index in [2.05, 4.69) is 42.4 Å². The van der Waals surface area contributed by atoms with Gasteiger partial charge in [-0.2, -0.15) is 0 Å². The highest BCUT2D eigenvalue weighted by atomic mass is 32.1. The van der Waals surface area contributed by atoms with Crippen LogP contribution in [0.3, 0.4) is 0 Å². The van der Waals surface area contributed by atoms with Crippen LogP contribution < -0.4 is 5.32 Å². The van der Waals surface area contributed by atoms with Gasteiger partial charge in [0.15, 0.2) is 0 Å². The Hall–Kier alpha value is -0.380. The maximum atomic E-state index is 3.56. The van der Waals surface area contributed by atoms with Gasteiger partial charge in [0.2, 0.25) is 0 Å². The molecule has 1 aliphatic heterocycles. The Morgan fingerprint density at radius 2 is 2.28 bits per heavy atom. The van der Waals surface area contributed by atoms with Gasteiger partial charge >= 0.3 is 0 Å². The fraction of sp³-hybridized carbons (Fsp3) is 0.733. The first-order valence-electron chi connectivity index (χ1n) is 7.19. The molecule has 0 aliphatic carbocycles. The number of thiophene rings is 1. The Bertz CT molecular complexity index is 359. The molecule has 2 heterocycles. The van der Waals surface area contributed by atoms with Crippen LogP contribution in [-0.4, -0.2) is 31.1 Å². The maximum absolute atomic E-state index is 3.56. The van der Waals surface area contributed by atoms with Crippen LogP contribution in [-0.2, 0) is 6.42 Å². The molecule has 1 N–H and O–H groups in total. The summed E-state index contributed by atoms with van der Waals surface area (Å²) in [4.78, 5) is 4.21. The summed E-state index contributed by atoms with van der Waals surface area (Å²) >= 11 is 1.92. The molecule has 0 saturated carbocycles. The van der Waals surface area contributed by atoms with E-state index in [1.54, 1.807) is 10.4 Å². The normalized spacial score (nSPS) is 20.3. The molecule has 1 atom stereocenters. The van der Waals surface area contributed by atoms with Gasteiger partial charge in [-0.25, -0.2) is 0 Å². The molecule has 1 aromatic rings. The molecule has 3 heteroatoms. The molecule has 102 valence electrons. The molecule has 0 spiro atoms. The van der Waals surface area contributed by atoms with Crippen molar-refractivity contribution in [3.63, 3.8) is 0 Å². The van der Waals surface area contributed by atoms with Crippen molar-refractivity contribution in [2.75, 3.05) is 26.2 Å². The van der Waals surface area contributed by atoms with Crippen molar-refractivity contribution in [2.24, 2.45) is 5.92 Å². The third-order valence-corrected chi connectivity index (χ3v) is 4.87. The third kappa shape index (κ3) is 3.56. The first-order valence-corrected chi connectivity index (χ1v) is 8.07. The molecule has 2 rings (SSSR count). The Morgan fingerprint density at radius 1 is 1.44 bits per heavy atom. The number of hydrogen-bond donors (Lipinski definition) is 1. The van der Waals surface area contributed by atoms with Crippen LogP contribution in [0.1, 0.15) is 43.7 Å². The zero-order valence-corrected chi connectivity index (χ0v) is 12.7. The zero-order chi connectivity index (χ0) is 13.0. The molecule has 2 nitrogen and oxygen atoms in total. The quantitative estimate of drug-likeness (QED) is 0.795. The average molecular weight is 266 g/mol. The fourth-order valence-corrected chi connectivity index (χ4v) is 3.57. The highest BCUT2D eigenvalue weighted by molar-refractivity contribution is 7.10. The van der Waals surface area contributed by atoms with Crippen molar-refractivity contribution in [1.29, 1.82) is 0 Å². The molecule has 1 unspecified atom stereocenters. The zero-order valence-electron chi connectivity index (χ0n) is 11.9. The molecule has 1 aliphatic rings. The van der Waals surface area contributed by atoms with E-state index in [0.29, 0.717) is 6.04 Å². The van der Waals surface area contributed by atoms with Crippen molar-refractivity contribution in [2.45, 2.75) is 39.7 Å². The molecular formula is C15H26N2S. The molecule has 0 bridgehead atoms. The van der Waals surface area contributed by atoms with Crippen molar-refractivity contribution in [3.8, 4) is 0 Å². The summed E-state index contributed by atoms with van der Waals surface area (Å²) in [6.45, 7) is 11.6. The van der Waals surface area contributed by atoms with Gasteiger partial charge in [0.05, 0.1) is 0 Å². The lowest BCUT2D eigenvalue weighted by Gasteiger charge is -2.33. The molecule has 0 fully saturated rings. The topological polar surface area (TPSA) is 15.3 Å². The lowest BCUT2D eigenvalue weighted by atomic mass is 10.0. The highest BCUT2D eigenvalue weighted by Gasteiger charge is 2.23. The second kappa shape index (κ2) is 6.69. The summed E-state index contributed by atoms with van der Waals surface area (Å²) in [5.41, 5.74) is 1.56. The minimum Gasteiger partial charge on any atom is -0.315 e. The van der Waals surface area contributed by atoms with Crippen LogP contribution in [0.2, 0.25) is 0 Å². The molecule has 0 radical (unpaired) electrons. The number of nitrogens with one attached hydrogen (secondary N) is 1.